The van der Waals surface area contributed by atoms with Crippen LogP contribution in [0.4, 0.5) is 0 Å². The summed E-state index contributed by atoms with van der Waals surface area (Å²) in [7, 11) is 0. The van der Waals surface area contributed by atoms with Crippen molar-refractivity contribution in [1.29, 1.82) is 0 Å². The zero-order chi connectivity index (χ0) is 11.2. The average molecular weight is 224 g/mol. The van der Waals surface area contributed by atoms with Gasteiger partial charge in [0.05, 0.1) is 12.2 Å². The Morgan fingerprint density at radius 3 is 1.19 bits per heavy atom. The van der Waals surface area contributed by atoms with Gasteiger partial charge in [-0.1, -0.05) is 38.5 Å². The van der Waals surface area contributed by atoms with Gasteiger partial charge in [0.15, 0.2) is 0 Å². The third kappa shape index (κ3) is 1.20. The zero-order valence-corrected chi connectivity index (χ0v) is 10.1. The van der Waals surface area contributed by atoms with Crippen molar-refractivity contribution >= 4 is 0 Å². The third-order valence-electron chi connectivity index (χ3n) is 5.75. The first-order valence-corrected chi connectivity index (χ1v) is 7.09. The lowest BCUT2D eigenvalue weighted by atomic mass is 9.41. The van der Waals surface area contributed by atoms with Crippen LogP contribution in [0, 0.1) is 10.8 Å². The molecule has 0 amide bonds. The van der Waals surface area contributed by atoms with Crippen molar-refractivity contribution in [2.75, 3.05) is 0 Å². The molecule has 3 aliphatic carbocycles. The summed E-state index contributed by atoms with van der Waals surface area (Å²) in [6, 6.07) is 0. The lowest BCUT2D eigenvalue weighted by Gasteiger charge is -2.67. The third-order valence-corrected chi connectivity index (χ3v) is 5.75. The van der Waals surface area contributed by atoms with Gasteiger partial charge in [0.1, 0.15) is 0 Å². The Morgan fingerprint density at radius 1 is 0.562 bits per heavy atom. The van der Waals surface area contributed by atoms with Crippen molar-refractivity contribution in [3.63, 3.8) is 0 Å². The van der Waals surface area contributed by atoms with Gasteiger partial charge in [-0.3, -0.25) is 0 Å². The number of aliphatic hydroxyl groups is 2. The summed E-state index contributed by atoms with van der Waals surface area (Å²) in [5.74, 6) is 0. The first kappa shape index (κ1) is 11.0. The molecule has 2 nitrogen and oxygen atoms in total. The van der Waals surface area contributed by atoms with Crippen LogP contribution in [0.5, 0.6) is 0 Å². The normalized spacial score (nSPS) is 40.9. The van der Waals surface area contributed by atoms with Crippen LogP contribution in [0.3, 0.4) is 0 Å². The standard InChI is InChI=1S/C14H24O2/c15-11-13(7-3-1-4-8-13)12(16)14(11)9-5-2-6-10-14/h11-12,15-16H,1-10H2. The molecule has 0 bridgehead atoms. The highest BCUT2D eigenvalue weighted by atomic mass is 16.3. The van der Waals surface area contributed by atoms with E-state index >= 15 is 0 Å². The topological polar surface area (TPSA) is 40.5 Å². The molecule has 0 heterocycles. The highest BCUT2D eigenvalue weighted by Crippen LogP contribution is 2.65. The van der Waals surface area contributed by atoms with E-state index in [2.05, 4.69) is 0 Å². The van der Waals surface area contributed by atoms with Crippen molar-refractivity contribution in [1.82, 2.24) is 0 Å². The largest absolute Gasteiger partial charge is 0.392 e. The minimum atomic E-state index is -0.212. The van der Waals surface area contributed by atoms with Gasteiger partial charge in [-0.25, -0.2) is 0 Å². The summed E-state index contributed by atoms with van der Waals surface area (Å²) >= 11 is 0. The van der Waals surface area contributed by atoms with E-state index in [1.807, 2.05) is 0 Å². The molecule has 0 aromatic carbocycles. The number of rotatable bonds is 0. The molecule has 92 valence electrons. The Hall–Kier alpha value is -0.0800. The SMILES string of the molecule is OC1C2(CCCCC2)C(O)C12CCCCC2. The maximum atomic E-state index is 10.6. The molecule has 3 aliphatic rings. The molecule has 3 fully saturated rings. The van der Waals surface area contributed by atoms with E-state index in [0.29, 0.717) is 0 Å². The van der Waals surface area contributed by atoms with Crippen LogP contribution < -0.4 is 0 Å². The highest BCUT2D eigenvalue weighted by Gasteiger charge is 2.69. The Balaban J connectivity index is 1.81. The number of hydrogen-bond acceptors (Lipinski definition) is 2. The quantitative estimate of drug-likeness (QED) is 0.664. The molecule has 2 spiro atoms. The second-order valence-corrected chi connectivity index (χ2v) is 6.39. The minimum absolute atomic E-state index is 0.102. The summed E-state index contributed by atoms with van der Waals surface area (Å²) in [6.45, 7) is 0. The van der Waals surface area contributed by atoms with Crippen LogP contribution in [0.15, 0.2) is 0 Å². The molecule has 0 radical (unpaired) electrons. The van der Waals surface area contributed by atoms with Crippen LogP contribution in [-0.4, -0.2) is 22.4 Å². The lowest BCUT2D eigenvalue weighted by Crippen LogP contribution is -2.72. The first-order chi connectivity index (χ1) is 7.72. The van der Waals surface area contributed by atoms with Crippen molar-refractivity contribution in [2.45, 2.75) is 76.4 Å². The lowest BCUT2D eigenvalue weighted by molar-refractivity contribution is -0.297. The van der Waals surface area contributed by atoms with Crippen LogP contribution in [0.25, 0.3) is 0 Å². The second-order valence-electron chi connectivity index (χ2n) is 6.39. The predicted octanol–water partition coefficient (Wildman–Crippen LogP) is 2.62. The molecular formula is C14H24O2. The van der Waals surface area contributed by atoms with Gasteiger partial charge in [-0.2, -0.15) is 0 Å². The fraction of sp³-hybridized carbons (Fsp3) is 1.00. The second kappa shape index (κ2) is 3.71. The molecule has 0 aromatic heterocycles. The van der Waals surface area contributed by atoms with Gasteiger partial charge in [-0.15, -0.1) is 0 Å². The summed E-state index contributed by atoms with van der Waals surface area (Å²) in [4.78, 5) is 0. The molecule has 2 heteroatoms. The smallest absolute Gasteiger partial charge is 0.0702 e. The molecule has 3 saturated carbocycles. The monoisotopic (exact) mass is 224 g/mol. The van der Waals surface area contributed by atoms with Crippen molar-refractivity contribution < 1.29 is 10.2 Å². The van der Waals surface area contributed by atoms with E-state index in [-0.39, 0.29) is 23.0 Å². The molecule has 0 atom stereocenters. The van der Waals surface area contributed by atoms with Crippen LogP contribution in [0.2, 0.25) is 0 Å². The van der Waals surface area contributed by atoms with E-state index in [0.717, 1.165) is 25.7 Å². The average Bonchev–Trinajstić information content (AvgIpc) is 2.39. The van der Waals surface area contributed by atoms with Crippen molar-refractivity contribution in [3.05, 3.63) is 0 Å². The molecule has 0 saturated heterocycles. The van der Waals surface area contributed by atoms with E-state index in [1.165, 1.54) is 38.5 Å². The number of aliphatic hydroxyl groups excluding tert-OH is 2. The van der Waals surface area contributed by atoms with Gasteiger partial charge < -0.3 is 10.2 Å². The van der Waals surface area contributed by atoms with Gasteiger partial charge in [0.25, 0.3) is 0 Å². The molecular weight excluding hydrogens is 200 g/mol. The minimum Gasteiger partial charge on any atom is -0.392 e. The number of hydrogen-bond donors (Lipinski definition) is 2. The zero-order valence-electron chi connectivity index (χ0n) is 10.1. The van der Waals surface area contributed by atoms with Gasteiger partial charge in [0.2, 0.25) is 0 Å². The molecule has 0 aliphatic heterocycles. The molecule has 0 unspecified atom stereocenters. The summed E-state index contributed by atoms with van der Waals surface area (Å²) in [5, 5.41) is 21.2. The highest BCUT2D eigenvalue weighted by molar-refractivity contribution is 5.18. The van der Waals surface area contributed by atoms with E-state index in [1.54, 1.807) is 0 Å². The molecule has 16 heavy (non-hydrogen) atoms. The van der Waals surface area contributed by atoms with Gasteiger partial charge >= 0.3 is 0 Å². The summed E-state index contributed by atoms with van der Waals surface area (Å²) in [6.07, 6.45) is 11.2. The first-order valence-electron chi connectivity index (χ1n) is 7.09. The fourth-order valence-corrected chi connectivity index (χ4v) is 4.86. The van der Waals surface area contributed by atoms with Crippen LogP contribution in [0.1, 0.15) is 64.2 Å². The van der Waals surface area contributed by atoms with E-state index < -0.39 is 0 Å². The predicted molar refractivity (Wildman–Crippen MR) is 63.0 cm³/mol. The maximum absolute atomic E-state index is 10.6. The Labute approximate surface area is 98.1 Å². The molecule has 0 aromatic rings. The summed E-state index contributed by atoms with van der Waals surface area (Å²) in [5.41, 5.74) is -0.203. The maximum Gasteiger partial charge on any atom is 0.0702 e. The van der Waals surface area contributed by atoms with Crippen molar-refractivity contribution in [2.24, 2.45) is 10.8 Å². The van der Waals surface area contributed by atoms with Crippen LogP contribution in [-0.2, 0) is 0 Å². The van der Waals surface area contributed by atoms with Crippen molar-refractivity contribution in [3.8, 4) is 0 Å². The Morgan fingerprint density at radius 2 is 0.875 bits per heavy atom. The van der Waals surface area contributed by atoms with Gasteiger partial charge in [-0.05, 0) is 25.7 Å². The van der Waals surface area contributed by atoms with E-state index in [4.69, 9.17) is 0 Å². The Bertz CT molecular complexity index is 222. The molecule has 3 rings (SSSR count). The summed E-state index contributed by atoms with van der Waals surface area (Å²) < 4.78 is 0. The van der Waals surface area contributed by atoms with Crippen LogP contribution >= 0.6 is 0 Å². The van der Waals surface area contributed by atoms with Gasteiger partial charge in [0, 0.05) is 10.8 Å². The Kier molecular flexibility index (Phi) is 2.56. The van der Waals surface area contributed by atoms with E-state index in [9.17, 15) is 10.2 Å². The fourth-order valence-electron chi connectivity index (χ4n) is 4.86. The molecule has 2 N–H and O–H groups in total.